The van der Waals surface area contributed by atoms with Crippen LogP contribution in [-0.4, -0.2) is 19.0 Å². The molecular weight excluding hydrogens is 280 g/mol. The van der Waals surface area contributed by atoms with Crippen molar-refractivity contribution in [3.8, 4) is 0 Å². The Morgan fingerprint density at radius 3 is 3.00 bits per heavy atom. The van der Waals surface area contributed by atoms with Gasteiger partial charge in [0.05, 0.1) is 12.6 Å². The highest BCUT2D eigenvalue weighted by atomic mass is 35.5. The third-order valence-corrected chi connectivity index (χ3v) is 4.80. The minimum absolute atomic E-state index is 0. The zero-order valence-corrected chi connectivity index (χ0v) is 12.6. The van der Waals surface area contributed by atoms with Crippen LogP contribution in [0.2, 0.25) is 0 Å². The van der Waals surface area contributed by atoms with Gasteiger partial charge in [0.15, 0.2) is 0 Å². The molecule has 0 aromatic carbocycles. The van der Waals surface area contributed by atoms with Crippen LogP contribution in [0.15, 0.2) is 11.4 Å². The summed E-state index contributed by atoms with van der Waals surface area (Å²) in [5.74, 6) is 0.968. The summed E-state index contributed by atoms with van der Waals surface area (Å²) >= 11 is 1.82. The highest BCUT2D eigenvalue weighted by molar-refractivity contribution is 7.10. The monoisotopic (exact) mass is 300 g/mol. The number of aryl methyl sites for hydroxylation is 1. The van der Waals surface area contributed by atoms with Gasteiger partial charge < -0.3 is 10.6 Å². The first-order valence-corrected chi connectivity index (χ1v) is 7.77. The first-order chi connectivity index (χ1) is 8.83. The Hall–Kier alpha value is -0.580. The number of hydrogen-bond donors (Lipinski definition) is 2. The van der Waals surface area contributed by atoms with Crippen molar-refractivity contribution >= 4 is 29.7 Å². The van der Waals surface area contributed by atoms with Gasteiger partial charge >= 0.3 is 0 Å². The third kappa shape index (κ3) is 3.94. The lowest BCUT2D eigenvalue weighted by Crippen LogP contribution is -2.37. The van der Waals surface area contributed by atoms with E-state index in [1.807, 2.05) is 11.3 Å². The molecule has 0 spiro atoms. The van der Waals surface area contributed by atoms with Gasteiger partial charge in [-0.2, -0.15) is 0 Å². The number of amides is 1. The first kappa shape index (κ1) is 14.8. The minimum Gasteiger partial charge on any atom is -0.348 e. The van der Waals surface area contributed by atoms with Crippen LogP contribution in [0.1, 0.15) is 42.2 Å². The fourth-order valence-corrected chi connectivity index (χ4v) is 3.58. The second kappa shape index (κ2) is 6.73. The van der Waals surface area contributed by atoms with Gasteiger partial charge in [-0.1, -0.05) is 0 Å². The van der Waals surface area contributed by atoms with Crippen molar-refractivity contribution < 1.29 is 4.79 Å². The third-order valence-electron chi connectivity index (χ3n) is 3.80. The van der Waals surface area contributed by atoms with E-state index < -0.39 is 0 Å². The number of halogens is 1. The highest BCUT2D eigenvalue weighted by Gasteiger charge is 2.23. The topological polar surface area (TPSA) is 41.1 Å². The predicted octanol–water partition coefficient (Wildman–Crippen LogP) is 2.66. The molecule has 3 rings (SSSR count). The quantitative estimate of drug-likeness (QED) is 0.878. The van der Waals surface area contributed by atoms with E-state index in [-0.39, 0.29) is 24.4 Å². The molecule has 2 N–H and O–H groups in total. The molecule has 106 valence electrons. The molecule has 2 aliphatic rings. The van der Waals surface area contributed by atoms with E-state index in [1.165, 1.54) is 36.1 Å². The van der Waals surface area contributed by atoms with E-state index in [2.05, 4.69) is 22.1 Å². The van der Waals surface area contributed by atoms with Crippen molar-refractivity contribution in [3.05, 3.63) is 21.9 Å². The standard InChI is InChI=1S/C14H20N2OS.ClH/c17-14(9-15-8-10-4-5-10)16-12-2-1-3-13-11(12)6-7-18-13;/h6-7,10,12,15H,1-5,8-9H2,(H,16,17);1H. The molecule has 0 radical (unpaired) electrons. The van der Waals surface area contributed by atoms with Crippen molar-refractivity contribution in [1.82, 2.24) is 10.6 Å². The van der Waals surface area contributed by atoms with E-state index >= 15 is 0 Å². The minimum atomic E-state index is 0. The van der Waals surface area contributed by atoms with Gasteiger partial charge in [0.2, 0.25) is 5.91 Å². The number of hydrogen-bond acceptors (Lipinski definition) is 3. The predicted molar refractivity (Wildman–Crippen MR) is 81.0 cm³/mol. The van der Waals surface area contributed by atoms with Crippen LogP contribution in [0.4, 0.5) is 0 Å². The summed E-state index contributed by atoms with van der Waals surface area (Å²) in [5.41, 5.74) is 1.35. The molecule has 1 aromatic heterocycles. The number of carbonyl (C=O) groups excluding carboxylic acids is 1. The van der Waals surface area contributed by atoms with Crippen LogP contribution in [0.3, 0.4) is 0 Å². The second-order valence-corrected chi connectivity index (χ2v) is 6.39. The number of thiophene rings is 1. The Morgan fingerprint density at radius 2 is 2.21 bits per heavy atom. The zero-order chi connectivity index (χ0) is 12.4. The molecule has 3 nitrogen and oxygen atoms in total. The zero-order valence-electron chi connectivity index (χ0n) is 11.0. The molecule has 5 heteroatoms. The van der Waals surface area contributed by atoms with Crippen molar-refractivity contribution in [1.29, 1.82) is 0 Å². The van der Waals surface area contributed by atoms with E-state index in [4.69, 9.17) is 0 Å². The van der Waals surface area contributed by atoms with Gasteiger partial charge in [-0.3, -0.25) is 4.79 Å². The smallest absolute Gasteiger partial charge is 0.234 e. The highest BCUT2D eigenvalue weighted by Crippen LogP contribution is 2.33. The molecule has 0 saturated heterocycles. The van der Waals surface area contributed by atoms with Gasteiger partial charge in [0.1, 0.15) is 0 Å². The average Bonchev–Trinajstić information content (AvgIpc) is 3.05. The fraction of sp³-hybridized carbons (Fsp3) is 0.643. The van der Waals surface area contributed by atoms with Crippen molar-refractivity contribution in [2.24, 2.45) is 5.92 Å². The lowest BCUT2D eigenvalue weighted by atomic mass is 9.94. The normalized spacial score (nSPS) is 21.4. The molecule has 19 heavy (non-hydrogen) atoms. The van der Waals surface area contributed by atoms with Crippen molar-refractivity contribution in [3.63, 3.8) is 0 Å². The van der Waals surface area contributed by atoms with Crippen LogP contribution < -0.4 is 10.6 Å². The van der Waals surface area contributed by atoms with Gasteiger partial charge in [0, 0.05) is 4.88 Å². The van der Waals surface area contributed by atoms with Crippen LogP contribution >= 0.6 is 23.7 Å². The van der Waals surface area contributed by atoms with Crippen LogP contribution in [0.5, 0.6) is 0 Å². The summed E-state index contributed by atoms with van der Waals surface area (Å²) in [6.07, 6.45) is 6.11. The molecule has 0 aliphatic heterocycles. The Bertz CT molecular complexity index is 431. The van der Waals surface area contributed by atoms with Gasteiger partial charge in [-0.25, -0.2) is 0 Å². The van der Waals surface area contributed by atoms with Crippen LogP contribution in [0.25, 0.3) is 0 Å². The summed E-state index contributed by atoms with van der Waals surface area (Å²) in [6.45, 7) is 1.47. The largest absolute Gasteiger partial charge is 0.348 e. The summed E-state index contributed by atoms with van der Waals surface area (Å²) in [7, 11) is 0. The molecule has 1 heterocycles. The van der Waals surface area contributed by atoms with Gasteiger partial charge in [-0.05, 0) is 61.6 Å². The van der Waals surface area contributed by atoms with Gasteiger partial charge in [-0.15, -0.1) is 23.7 Å². The number of fused-ring (bicyclic) bond motifs is 1. The summed E-state index contributed by atoms with van der Waals surface area (Å²) in [6, 6.07) is 2.41. The molecule has 1 unspecified atom stereocenters. The maximum absolute atomic E-state index is 11.9. The fourth-order valence-electron chi connectivity index (χ4n) is 2.59. The maximum atomic E-state index is 11.9. The molecular formula is C14H21ClN2OS. The molecule has 1 amide bonds. The SMILES string of the molecule is Cl.O=C(CNCC1CC1)NC1CCCc2sccc21. The van der Waals surface area contributed by atoms with E-state index in [0.717, 1.165) is 18.9 Å². The lowest BCUT2D eigenvalue weighted by molar-refractivity contribution is -0.121. The number of nitrogens with one attached hydrogen (secondary N) is 2. The Kier molecular flexibility index (Phi) is 5.25. The molecule has 1 aromatic rings. The summed E-state index contributed by atoms with van der Waals surface area (Å²) in [4.78, 5) is 13.3. The molecule has 1 fully saturated rings. The van der Waals surface area contributed by atoms with Crippen molar-refractivity contribution in [2.75, 3.05) is 13.1 Å². The number of carbonyl (C=O) groups is 1. The molecule has 1 saturated carbocycles. The number of rotatable bonds is 5. The maximum Gasteiger partial charge on any atom is 0.234 e. The molecule has 1 atom stereocenters. The summed E-state index contributed by atoms with van der Waals surface area (Å²) < 4.78 is 0. The van der Waals surface area contributed by atoms with E-state index in [9.17, 15) is 4.79 Å². The average molecular weight is 301 g/mol. The van der Waals surface area contributed by atoms with Crippen LogP contribution in [0, 0.1) is 5.92 Å². The Balaban J connectivity index is 0.00000133. The van der Waals surface area contributed by atoms with Gasteiger partial charge in [0.25, 0.3) is 0 Å². The lowest BCUT2D eigenvalue weighted by Gasteiger charge is -2.23. The van der Waals surface area contributed by atoms with E-state index in [0.29, 0.717) is 6.54 Å². The Labute approximate surface area is 124 Å². The molecule has 0 bridgehead atoms. The first-order valence-electron chi connectivity index (χ1n) is 6.89. The second-order valence-electron chi connectivity index (χ2n) is 5.39. The van der Waals surface area contributed by atoms with Crippen LogP contribution in [-0.2, 0) is 11.2 Å². The molecule has 2 aliphatic carbocycles. The van der Waals surface area contributed by atoms with Crippen molar-refractivity contribution in [2.45, 2.75) is 38.1 Å². The Morgan fingerprint density at radius 1 is 1.37 bits per heavy atom. The summed E-state index contributed by atoms with van der Waals surface area (Å²) in [5, 5.41) is 8.54. The van der Waals surface area contributed by atoms with E-state index in [1.54, 1.807) is 0 Å².